The van der Waals surface area contributed by atoms with Crippen LogP contribution in [0.1, 0.15) is 5.56 Å². The third-order valence-electron chi connectivity index (χ3n) is 1.45. The van der Waals surface area contributed by atoms with Gasteiger partial charge in [0.05, 0.1) is 6.42 Å². The number of hydrogen-bond acceptors (Lipinski definition) is 2. The second-order valence-corrected chi connectivity index (χ2v) is 3.31. The number of phenols is 1. The minimum atomic E-state index is -1.12. The lowest BCUT2D eigenvalue weighted by Gasteiger charge is -2.03. The zero-order valence-corrected chi connectivity index (χ0v) is 8.01. The van der Waals surface area contributed by atoms with Gasteiger partial charge in [0.15, 0.2) is 0 Å². The summed E-state index contributed by atoms with van der Waals surface area (Å²) in [6, 6.07) is 2.13. The van der Waals surface area contributed by atoms with E-state index in [0.717, 1.165) is 6.07 Å². The van der Waals surface area contributed by atoms with Gasteiger partial charge in [-0.25, -0.2) is 4.39 Å². The van der Waals surface area contributed by atoms with Gasteiger partial charge in [0, 0.05) is 16.1 Å². The Morgan fingerprint density at radius 2 is 2.15 bits per heavy atom. The lowest BCUT2D eigenvalue weighted by molar-refractivity contribution is -0.136. The number of phenolic OH excluding ortho intramolecular Hbond substituents is 1. The standard InChI is InChI=1S/C8H6BrFO3/c9-6-1-4(11)2-7(10)5(6)3-8(12)13/h1-2,11H,3H2,(H,12,13). The van der Waals surface area contributed by atoms with Crippen molar-refractivity contribution >= 4 is 21.9 Å². The van der Waals surface area contributed by atoms with E-state index >= 15 is 0 Å². The van der Waals surface area contributed by atoms with Crippen molar-refractivity contribution in [1.29, 1.82) is 0 Å². The average Bonchev–Trinajstić information content (AvgIpc) is 1.96. The van der Waals surface area contributed by atoms with Crippen molar-refractivity contribution in [2.75, 3.05) is 0 Å². The van der Waals surface area contributed by atoms with E-state index in [2.05, 4.69) is 15.9 Å². The van der Waals surface area contributed by atoms with E-state index in [0.29, 0.717) is 0 Å². The fraction of sp³-hybridized carbons (Fsp3) is 0.125. The molecule has 0 radical (unpaired) electrons. The molecule has 70 valence electrons. The maximum Gasteiger partial charge on any atom is 0.307 e. The first-order valence-electron chi connectivity index (χ1n) is 3.39. The third kappa shape index (κ3) is 2.42. The molecule has 1 aromatic rings. The molecule has 0 unspecified atom stereocenters. The molecule has 5 heteroatoms. The monoisotopic (exact) mass is 248 g/mol. The molecule has 0 saturated heterocycles. The zero-order valence-electron chi connectivity index (χ0n) is 6.42. The molecule has 1 rings (SSSR count). The lowest BCUT2D eigenvalue weighted by Crippen LogP contribution is -2.03. The van der Waals surface area contributed by atoms with Crippen molar-refractivity contribution in [3.8, 4) is 5.75 Å². The first kappa shape index (κ1) is 9.98. The third-order valence-corrected chi connectivity index (χ3v) is 2.16. The Balaban J connectivity index is 3.13. The van der Waals surface area contributed by atoms with Crippen molar-refractivity contribution in [2.45, 2.75) is 6.42 Å². The number of halogens is 2. The van der Waals surface area contributed by atoms with Gasteiger partial charge in [0.25, 0.3) is 0 Å². The van der Waals surface area contributed by atoms with E-state index in [1.54, 1.807) is 0 Å². The van der Waals surface area contributed by atoms with Crippen LogP contribution in [0.25, 0.3) is 0 Å². The number of carboxylic acid groups (broad SMARTS) is 1. The van der Waals surface area contributed by atoms with Gasteiger partial charge in [0.1, 0.15) is 11.6 Å². The number of rotatable bonds is 2. The summed E-state index contributed by atoms with van der Waals surface area (Å²) in [6.45, 7) is 0. The predicted molar refractivity (Wildman–Crippen MR) is 47.1 cm³/mol. The summed E-state index contributed by atoms with van der Waals surface area (Å²) in [4.78, 5) is 10.3. The molecule has 0 saturated carbocycles. The topological polar surface area (TPSA) is 57.5 Å². The van der Waals surface area contributed by atoms with Crippen molar-refractivity contribution in [3.05, 3.63) is 28.0 Å². The van der Waals surface area contributed by atoms with Crippen LogP contribution in [-0.4, -0.2) is 16.2 Å². The Kier molecular flexibility index (Phi) is 2.87. The van der Waals surface area contributed by atoms with Crippen LogP contribution in [0.2, 0.25) is 0 Å². The smallest absolute Gasteiger partial charge is 0.307 e. The average molecular weight is 249 g/mol. The largest absolute Gasteiger partial charge is 0.508 e. The van der Waals surface area contributed by atoms with Crippen LogP contribution < -0.4 is 0 Å². The van der Waals surface area contributed by atoms with Crippen molar-refractivity contribution in [3.63, 3.8) is 0 Å². The maximum absolute atomic E-state index is 13.0. The quantitative estimate of drug-likeness (QED) is 0.841. The summed E-state index contributed by atoms with van der Waals surface area (Å²) in [5, 5.41) is 17.4. The van der Waals surface area contributed by atoms with Crippen molar-refractivity contribution in [2.24, 2.45) is 0 Å². The molecule has 0 aliphatic heterocycles. The predicted octanol–water partition coefficient (Wildman–Crippen LogP) is 1.92. The highest BCUT2D eigenvalue weighted by atomic mass is 79.9. The first-order chi connectivity index (χ1) is 6.00. The van der Waals surface area contributed by atoms with Crippen LogP contribution in [0, 0.1) is 5.82 Å². The van der Waals surface area contributed by atoms with Gasteiger partial charge in [-0.1, -0.05) is 15.9 Å². The summed E-state index contributed by atoms with van der Waals surface area (Å²) in [7, 11) is 0. The lowest BCUT2D eigenvalue weighted by atomic mass is 10.1. The minimum Gasteiger partial charge on any atom is -0.508 e. The maximum atomic E-state index is 13.0. The van der Waals surface area contributed by atoms with Crippen LogP contribution >= 0.6 is 15.9 Å². The van der Waals surface area contributed by atoms with Crippen LogP contribution in [0.4, 0.5) is 4.39 Å². The van der Waals surface area contributed by atoms with Gasteiger partial charge < -0.3 is 10.2 Å². The molecule has 1 aromatic carbocycles. The molecular formula is C8H6BrFO3. The summed E-state index contributed by atoms with van der Waals surface area (Å²) in [5.74, 6) is -2.09. The summed E-state index contributed by atoms with van der Waals surface area (Å²) >= 11 is 2.96. The Morgan fingerprint density at radius 3 is 2.62 bits per heavy atom. The van der Waals surface area contributed by atoms with Gasteiger partial charge in [-0.05, 0) is 6.07 Å². The van der Waals surface area contributed by atoms with E-state index in [1.807, 2.05) is 0 Å². The van der Waals surface area contributed by atoms with Crippen molar-refractivity contribution < 1.29 is 19.4 Å². The van der Waals surface area contributed by atoms with E-state index in [4.69, 9.17) is 10.2 Å². The molecule has 0 heterocycles. The molecule has 3 nitrogen and oxygen atoms in total. The zero-order chi connectivity index (χ0) is 10.0. The molecule has 0 bridgehead atoms. The fourth-order valence-electron chi connectivity index (χ4n) is 0.910. The molecule has 0 aromatic heterocycles. The first-order valence-corrected chi connectivity index (χ1v) is 4.18. The summed E-state index contributed by atoms with van der Waals surface area (Å²) in [6.07, 6.45) is -0.410. The highest BCUT2D eigenvalue weighted by Crippen LogP contribution is 2.25. The summed E-state index contributed by atoms with van der Waals surface area (Å²) < 4.78 is 13.3. The Labute approximate surface area is 81.9 Å². The van der Waals surface area contributed by atoms with E-state index in [1.165, 1.54) is 6.07 Å². The molecule has 0 aliphatic carbocycles. The number of benzene rings is 1. The Bertz CT molecular complexity index is 328. The minimum absolute atomic E-state index is 0.0327. The van der Waals surface area contributed by atoms with Gasteiger partial charge in [-0.3, -0.25) is 4.79 Å². The molecule has 13 heavy (non-hydrogen) atoms. The van der Waals surface area contributed by atoms with Crippen LogP contribution in [-0.2, 0) is 11.2 Å². The fourth-order valence-corrected chi connectivity index (χ4v) is 1.47. The van der Waals surface area contributed by atoms with Crippen molar-refractivity contribution in [1.82, 2.24) is 0 Å². The van der Waals surface area contributed by atoms with E-state index < -0.39 is 18.2 Å². The number of carbonyl (C=O) groups is 1. The Morgan fingerprint density at radius 1 is 1.54 bits per heavy atom. The number of hydrogen-bond donors (Lipinski definition) is 2. The Hall–Kier alpha value is -1.10. The number of aromatic hydroxyl groups is 1. The van der Waals surface area contributed by atoms with Crippen LogP contribution in [0.3, 0.4) is 0 Å². The molecule has 0 amide bonds. The second kappa shape index (κ2) is 3.74. The van der Waals surface area contributed by atoms with E-state index in [9.17, 15) is 9.18 Å². The van der Waals surface area contributed by atoms with Crippen LogP contribution in [0.15, 0.2) is 16.6 Å². The highest BCUT2D eigenvalue weighted by Gasteiger charge is 2.12. The van der Waals surface area contributed by atoms with Gasteiger partial charge in [-0.2, -0.15) is 0 Å². The number of aliphatic carboxylic acids is 1. The SMILES string of the molecule is O=C(O)Cc1c(F)cc(O)cc1Br. The molecule has 0 atom stereocenters. The second-order valence-electron chi connectivity index (χ2n) is 2.46. The summed E-state index contributed by atoms with van der Waals surface area (Å²) in [5.41, 5.74) is 0.0327. The number of carboxylic acids is 1. The molecule has 0 fully saturated rings. The normalized spacial score (nSPS) is 10.0. The van der Waals surface area contributed by atoms with Gasteiger partial charge >= 0.3 is 5.97 Å². The van der Waals surface area contributed by atoms with Crippen LogP contribution in [0.5, 0.6) is 5.75 Å². The molecule has 2 N–H and O–H groups in total. The molecular weight excluding hydrogens is 243 g/mol. The highest BCUT2D eigenvalue weighted by molar-refractivity contribution is 9.10. The van der Waals surface area contributed by atoms with Gasteiger partial charge in [0.2, 0.25) is 0 Å². The van der Waals surface area contributed by atoms with Gasteiger partial charge in [-0.15, -0.1) is 0 Å². The molecule has 0 aliphatic rings. The molecule has 0 spiro atoms. The van der Waals surface area contributed by atoms with E-state index in [-0.39, 0.29) is 15.8 Å².